The molecule has 3 rings (SSSR count). The predicted octanol–water partition coefficient (Wildman–Crippen LogP) is 1.46. The van der Waals surface area contributed by atoms with Gasteiger partial charge in [0, 0.05) is 38.3 Å². The lowest BCUT2D eigenvalue weighted by Crippen LogP contribution is -2.54. The largest absolute Gasteiger partial charge is 0.392 e. The number of aliphatic hydroxyl groups is 1. The lowest BCUT2D eigenvalue weighted by molar-refractivity contribution is 0.0528. The molecule has 2 aliphatic heterocycles. The first-order valence-electron chi connectivity index (χ1n) is 7.02. The zero-order valence-electron chi connectivity index (χ0n) is 11.3. The van der Waals surface area contributed by atoms with Gasteiger partial charge in [0.05, 0.1) is 6.10 Å². The third-order valence-electron chi connectivity index (χ3n) is 4.37. The van der Waals surface area contributed by atoms with Gasteiger partial charge in [-0.2, -0.15) is 0 Å². The van der Waals surface area contributed by atoms with Crippen molar-refractivity contribution in [1.82, 2.24) is 9.80 Å². The van der Waals surface area contributed by atoms with E-state index in [-0.39, 0.29) is 11.9 Å². The van der Waals surface area contributed by atoms with Crippen LogP contribution >= 0.6 is 0 Å². The monoisotopic (exact) mass is 264 g/mol. The molecule has 0 radical (unpaired) electrons. The topological polar surface area (TPSA) is 26.7 Å². The highest BCUT2D eigenvalue weighted by Gasteiger charge is 2.37. The zero-order valence-corrected chi connectivity index (χ0v) is 11.3. The Bertz CT molecular complexity index is 436. The van der Waals surface area contributed by atoms with Gasteiger partial charge in [-0.25, -0.2) is 4.39 Å². The lowest BCUT2D eigenvalue weighted by Gasteiger charge is -2.42. The molecule has 3 nitrogen and oxygen atoms in total. The summed E-state index contributed by atoms with van der Waals surface area (Å²) in [5.41, 5.74) is 1.15. The fraction of sp³-hybridized carbons (Fsp3) is 0.600. The Labute approximate surface area is 113 Å². The maximum atomic E-state index is 12.9. The minimum atomic E-state index is -0.180. The molecule has 0 aliphatic carbocycles. The molecule has 2 saturated heterocycles. The normalized spacial score (nSPS) is 32.5. The molecule has 1 N–H and O–H groups in total. The van der Waals surface area contributed by atoms with Gasteiger partial charge < -0.3 is 5.11 Å². The van der Waals surface area contributed by atoms with E-state index in [4.69, 9.17) is 0 Å². The number of nitrogens with zero attached hydrogens (tertiary/aromatic N) is 2. The van der Waals surface area contributed by atoms with E-state index >= 15 is 0 Å². The SMILES string of the molecule is C[C@@H]1CN2C[C@H](O)CC2CN1Cc1ccc(F)cc1. The molecule has 0 saturated carbocycles. The summed E-state index contributed by atoms with van der Waals surface area (Å²) in [5, 5.41) is 9.75. The molecule has 0 aromatic heterocycles. The van der Waals surface area contributed by atoms with E-state index in [2.05, 4.69) is 16.7 Å². The molecule has 1 unspecified atom stereocenters. The number of hydrogen-bond acceptors (Lipinski definition) is 3. The molecule has 1 aromatic rings. The molecule has 104 valence electrons. The van der Waals surface area contributed by atoms with Crippen molar-refractivity contribution in [3.05, 3.63) is 35.6 Å². The Balaban J connectivity index is 1.66. The second-order valence-electron chi connectivity index (χ2n) is 5.90. The summed E-state index contributed by atoms with van der Waals surface area (Å²) in [6, 6.07) is 7.72. The average molecular weight is 264 g/mol. The molecule has 2 aliphatic rings. The number of halogens is 1. The quantitative estimate of drug-likeness (QED) is 0.876. The molecule has 0 amide bonds. The zero-order chi connectivity index (χ0) is 13.4. The van der Waals surface area contributed by atoms with Gasteiger partial charge in [-0.15, -0.1) is 0 Å². The van der Waals surface area contributed by atoms with Gasteiger partial charge in [0.1, 0.15) is 5.82 Å². The summed E-state index contributed by atoms with van der Waals surface area (Å²) >= 11 is 0. The van der Waals surface area contributed by atoms with Gasteiger partial charge in [-0.05, 0) is 31.0 Å². The van der Waals surface area contributed by atoms with Crippen LogP contribution in [-0.4, -0.2) is 52.7 Å². The molecule has 1 aromatic carbocycles. The number of benzene rings is 1. The minimum absolute atomic E-state index is 0.164. The Hall–Kier alpha value is -0.970. The summed E-state index contributed by atoms with van der Waals surface area (Å²) in [6.07, 6.45) is 0.718. The Morgan fingerprint density at radius 3 is 2.68 bits per heavy atom. The maximum Gasteiger partial charge on any atom is 0.123 e. The van der Waals surface area contributed by atoms with E-state index in [1.165, 1.54) is 12.1 Å². The summed E-state index contributed by atoms with van der Waals surface area (Å²) in [7, 11) is 0. The molecule has 3 atom stereocenters. The number of hydrogen-bond donors (Lipinski definition) is 1. The highest BCUT2D eigenvalue weighted by molar-refractivity contribution is 5.16. The van der Waals surface area contributed by atoms with Crippen LogP contribution in [-0.2, 0) is 6.54 Å². The number of fused-ring (bicyclic) bond motifs is 1. The maximum absolute atomic E-state index is 12.9. The van der Waals surface area contributed by atoms with Crippen LogP contribution in [0, 0.1) is 5.82 Å². The summed E-state index contributed by atoms with van der Waals surface area (Å²) < 4.78 is 12.9. The van der Waals surface area contributed by atoms with Gasteiger partial charge in [-0.1, -0.05) is 12.1 Å². The molecule has 19 heavy (non-hydrogen) atoms. The molecular formula is C15H21FN2O. The first kappa shape index (κ1) is 13.0. The standard InChI is InChI=1S/C15H21FN2O/c1-11-7-18-10-15(19)6-14(18)9-17(11)8-12-2-4-13(16)5-3-12/h2-5,11,14-15,19H,6-10H2,1H3/t11-,14?,15-/m1/s1. The average Bonchev–Trinajstić information content (AvgIpc) is 2.72. The van der Waals surface area contributed by atoms with Crippen molar-refractivity contribution >= 4 is 0 Å². The van der Waals surface area contributed by atoms with Crippen LogP contribution in [0.15, 0.2) is 24.3 Å². The Morgan fingerprint density at radius 2 is 1.95 bits per heavy atom. The highest BCUT2D eigenvalue weighted by Crippen LogP contribution is 2.26. The summed E-state index contributed by atoms with van der Waals surface area (Å²) in [4.78, 5) is 4.84. The minimum Gasteiger partial charge on any atom is -0.392 e. The number of piperazine rings is 1. The van der Waals surface area contributed by atoms with Crippen LogP contribution in [0.1, 0.15) is 18.9 Å². The van der Waals surface area contributed by atoms with Crippen molar-refractivity contribution < 1.29 is 9.50 Å². The van der Waals surface area contributed by atoms with Gasteiger partial charge in [0.2, 0.25) is 0 Å². The fourth-order valence-electron chi connectivity index (χ4n) is 3.32. The van der Waals surface area contributed by atoms with Crippen molar-refractivity contribution in [2.75, 3.05) is 19.6 Å². The van der Waals surface area contributed by atoms with Gasteiger partial charge in [0.15, 0.2) is 0 Å². The van der Waals surface area contributed by atoms with Crippen LogP contribution in [0.2, 0.25) is 0 Å². The molecular weight excluding hydrogens is 243 g/mol. The van der Waals surface area contributed by atoms with E-state index in [1.807, 2.05) is 12.1 Å². The number of aliphatic hydroxyl groups excluding tert-OH is 1. The first-order chi connectivity index (χ1) is 9.11. The van der Waals surface area contributed by atoms with E-state index in [0.717, 1.165) is 38.2 Å². The second kappa shape index (κ2) is 5.19. The van der Waals surface area contributed by atoms with Crippen LogP contribution in [0.4, 0.5) is 4.39 Å². The van der Waals surface area contributed by atoms with E-state index < -0.39 is 0 Å². The predicted molar refractivity (Wildman–Crippen MR) is 72.3 cm³/mol. The highest BCUT2D eigenvalue weighted by atomic mass is 19.1. The van der Waals surface area contributed by atoms with Gasteiger partial charge in [-0.3, -0.25) is 9.80 Å². The molecule has 0 spiro atoms. The lowest BCUT2D eigenvalue weighted by atomic mass is 10.1. The Morgan fingerprint density at radius 1 is 1.21 bits per heavy atom. The van der Waals surface area contributed by atoms with Crippen molar-refractivity contribution in [2.45, 2.75) is 38.1 Å². The third kappa shape index (κ3) is 2.81. The summed E-state index contributed by atoms with van der Waals surface area (Å²) in [6.45, 7) is 5.92. The van der Waals surface area contributed by atoms with Gasteiger partial charge >= 0.3 is 0 Å². The smallest absolute Gasteiger partial charge is 0.123 e. The molecule has 4 heteroatoms. The third-order valence-corrected chi connectivity index (χ3v) is 4.37. The van der Waals surface area contributed by atoms with Crippen LogP contribution in [0.25, 0.3) is 0 Å². The fourth-order valence-corrected chi connectivity index (χ4v) is 3.32. The number of rotatable bonds is 2. The first-order valence-corrected chi connectivity index (χ1v) is 7.02. The second-order valence-corrected chi connectivity index (χ2v) is 5.90. The van der Waals surface area contributed by atoms with Crippen LogP contribution in [0.5, 0.6) is 0 Å². The van der Waals surface area contributed by atoms with Crippen LogP contribution < -0.4 is 0 Å². The van der Waals surface area contributed by atoms with E-state index in [0.29, 0.717) is 12.1 Å². The van der Waals surface area contributed by atoms with E-state index in [9.17, 15) is 9.50 Å². The van der Waals surface area contributed by atoms with E-state index in [1.54, 1.807) is 0 Å². The van der Waals surface area contributed by atoms with Crippen molar-refractivity contribution in [3.63, 3.8) is 0 Å². The van der Waals surface area contributed by atoms with Gasteiger partial charge in [0.25, 0.3) is 0 Å². The summed E-state index contributed by atoms with van der Waals surface area (Å²) in [5.74, 6) is -0.180. The van der Waals surface area contributed by atoms with Crippen molar-refractivity contribution in [2.24, 2.45) is 0 Å². The van der Waals surface area contributed by atoms with Crippen molar-refractivity contribution in [1.29, 1.82) is 0 Å². The van der Waals surface area contributed by atoms with Crippen molar-refractivity contribution in [3.8, 4) is 0 Å². The molecule has 2 heterocycles. The molecule has 2 fully saturated rings. The Kier molecular flexibility index (Phi) is 3.56. The molecule has 0 bridgehead atoms. The van der Waals surface area contributed by atoms with Crippen LogP contribution in [0.3, 0.4) is 0 Å².